The van der Waals surface area contributed by atoms with Crippen LogP contribution in [0.5, 0.6) is 5.75 Å². The van der Waals surface area contributed by atoms with Gasteiger partial charge in [-0.25, -0.2) is 4.79 Å². The van der Waals surface area contributed by atoms with Crippen molar-refractivity contribution in [2.75, 3.05) is 13.2 Å². The zero-order valence-electron chi connectivity index (χ0n) is 12.4. The SMILES string of the molecule is CC(NC(=O)NCCOc1ccccc1Cl)c1ccccc1. The van der Waals surface area contributed by atoms with Gasteiger partial charge in [-0.2, -0.15) is 0 Å². The van der Waals surface area contributed by atoms with Crippen LogP contribution in [0.2, 0.25) is 5.02 Å². The minimum Gasteiger partial charge on any atom is -0.490 e. The molecule has 22 heavy (non-hydrogen) atoms. The number of hydrogen-bond acceptors (Lipinski definition) is 2. The molecule has 4 nitrogen and oxygen atoms in total. The first-order valence-corrected chi connectivity index (χ1v) is 7.51. The highest BCUT2D eigenvalue weighted by Crippen LogP contribution is 2.22. The molecule has 0 saturated heterocycles. The van der Waals surface area contributed by atoms with Gasteiger partial charge in [0.2, 0.25) is 0 Å². The van der Waals surface area contributed by atoms with Crippen LogP contribution in [-0.2, 0) is 0 Å². The lowest BCUT2D eigenvalue weighted by Crippen LogP contribution is -2.38. The summed E-state index contributed by atoms with van der Waals surface area (Å²) in [4.78, 5) is 11.8. The van der Waals surface area contributed by atoms with Crippen molar-refractivity contribution in [3.63, 3.8) is 0 Å². The van der Waals surface area contributed by atoms with E-state index < -0.39 is 0 Å². The molecule has 0 aliphatic rings. The quantitative estimate of drug-likeness (QED) is 0.796. The smallest absolute Gasteiger partial charge is 0.315 e. The van der Waals surface area contributed by atoms with Gasteiger partial charge in [-0.15, -0.1) is 0 Å². The fourth-order valence-corrected chi connectivity index (χ4v) is 2.15. The highest BCUT2D eigenvalue weighted by molar-refractivity contribution is 6.32. The Bertz CT molecular complexity index is 605. The topological polar surface area (TPSA) is 50.4 Å². The number of ether oxygens (including phenoxy) is 1. The van der Waals surface area contributed by atoms with Crippen LogP contribution in [0.3, 0.4) is 0 Å². The van der Waals surface area contributed by atoms with Crippen LogP contribution in [0.1, 0.15) is 18.5 Å². The summed E-state index contributed by atoms with van der Waals surface area (Å²) in [7, 11) is 0. The monoisotopic (exact) mass is 318 g/mol. The first-order chi connectivity index (χ1) is 10.7. The first-order valence-electron chi connectivity index (χ1n) is 7.13. The van der Waals surface area contributed by atoms with Crippen LogP contribution >= 0.6 is 11.6 Å². The summed E-state index contributed by atoms with van der Waals surface area (Å²) >= 11 is 5.98. The molecule has 1 atom stereocenters. The summed E-state index contributed by atoms with van der Waals surface area (Å²) in [5.41, 5.74) is 1.06. The van der Waals surface area contributed by atoms with Crippen LogP contribution < -0.4 is 15.4 Å². The van der Waals surface area contributed by atoms with Crippen LogP contribution in [-0.4, -0.2) is 19.2 Å². The van der Waals surface area contributed by atoms with Crippen LogP contribution in [0, 0.1) is 0 Å². The van der Waals surface area contributed by atoms with Gasteiger partial charge >= 0.3 is 6.03 Å². The van der Waals surface area contributed by atoms with Gasteiger partial charge in [-0.1, -0.05) is 54.1 Å². The summed E-state index contributed by atoms with van der Waals surface area (Å²) in [6.07, 6.45) is 0. The van der Waals surface area contributed by atoms with Gasteiger partial charge < -0.3 is 15.4 Å². The van der Waals surface area contributed by atoms with Gasteiger partial charge in [0.05, 0.1) is 17.6 Å². The molecule has 0 aromatic heterocycles. The second-order valence-electron chi connectivity index (χ2n) is 4.81. The average Bonchev–Trinajstić information content (AvgIpc) is 2.54. The van der Waals surface area contributed by atoms with Gasteiger partial charge in [0, 0.05) is 0 Å². The average molecular weight is 319 g/mol. The first kappa shape index (κ1) is 16.2. The van der Waals surface area contributed by atoms with Gasteiger partial charge in [-0.3, -0.25) is 0 Å². The number of benzene rings is 2. The van der Waals surface area contributed by atoms with E-state index in [4.69, 9.17) is 16.3 Å². The third-order valence-electron chi connectivity index (χ3n) is 3.13. The zero-order chi connectivity index (χ0) is 15.8. The van der Waals surface area contributed by atoms with E-state index in [9.17, 15) is 4.79 Å². The van der Waals surface area contributed by atoms with Crippen molar-refractivity contribution < 1.29 is 9.53 Å². The van der Waals surface area contributed by atoms with E-state index in [0.717, 1.165) is 5.56 Å². The molecule has 0 radical (unpaired) electrons. The molecule has 0 heterocycles. The highest BCUT2D eigenvalue weighted by atomic mass is 35.5. The molecule has 1 unspecified atom stereocenters. The van der Waals surface area contributed by atoms with Crippen LogP contribution in [0.15, 0.2) is 54.6 Å². The molecule has 116 valence electrons. The summed E-state index contributed by atoms with van der Waals surface area (Å²) < 4.78 is 5.50. The molecule has 2 N–H and O–H groups in total. The lowest BCUT2D eigenvalue weighted by molar-refractivity contribution is 0.233. The van der Waals surface area contributed by atoms with Gasteiger partial charge in [0.1, 0.15) is 12.4 Å². The molecule has 2 rings (SSSR count). The molecule has 0 fully saturated rings. The molecular formula is C17H19ClN2O2. The highest BCUT2D eigenvalue weighted by Gasteiger charge is 2.08. The van der Waals surface area contributed by atoms with Crippen molar-refractivity contribution in [1.29, 1.82) is 0 Å². The second-order valence-corrected chi connectivity index (χ2v) is 5.22. The van der Waals surface area contributed by atoms with Gasteiger partial charge in [0.25, 0.3) is 0 Å². The maximum absolute atomic E-state index is 11.8. The van der Waals surface area contributed by atoms with Crippen molar-refractivity contribution >= 4 is 17.6 Å². The van der Waals surface area contributed by atoms with E-state index in [1.807, 2.05) is 49.4 Å². The Labute approximate surface area is 135 Å². The molecule has 2 aromatic carbocycles. The van der Waals surface area contributed by atoms with Gasteiger partial charge in [-0.05, 0) is 24.6 Å². The normalized spacial score (nSPS) is 11.5. The molecule has 0 spiro atoms. The predicted molar refractivity (Wildman–Crippen MR) is 88.3 cm³/mol. The Kier molecular flexibility index (Phi) is 6.10. The Hall–Kier alpha value is -2.20. The molecule has 0 aliphatic carbocycles. The standard InChI is InChI=1S/C17H19ClN2O2/c1-13(14-7-3-2-4-8-14)20-17(21)19-11-12-22-16-10-6-5-9-15(16)18/h2-10,13H,11-12H2,1H3,(H2,19,20,21). The molecule has 2 amide bonds. The molecule has 0 saturated carbocycles. The Morgan fingerprint density at radius 3 is 2.55 bits per heavy atom. The molecule has 5 heteroatoms. The van der Waals surface area contributed by atoms with E-state index in [1.54, 1.807) is 12.1 Å². The molecular weight excluding hydrogens is 300 g/mol. The third-order valence-corrected chi connectivity index (χ3v) is 3.44. The van der Waals surface area contributed by atoms with E-state index in [-0.39, 0.29) is 12.1 Å². The second kappa shape index (κ2) is 8.29. The fourth-order valence-electron chi connectivity index (χ4n) is 1.96. The Morgan fingerprint density at radius 1 is 1.14 bits per heavy atom. The summed E-state index contributed by atoms with van der Waals surface area (Å²) in [6, 6.07) is 16.8. The van der Waals surface area contributed by atoms with Crippen LogP contribution in [0.4, 0.5) is 4.79 Å². The van der Waals surface area contributed by atoms with Crippen molar-refractivity contribution in [3.8, 4) is 5.75 Å². The summed E-state index contributed by atoms with van der Waals surface area (Å²) in [6.45, 7) is 2.70. The maximum Gasteiger partial charge on any atom is 0.315 e. The number of para-hydroxylation sites is 1. The summed E-state index contributed by atoms with van der Waals surface area (Å²) in [5.74, 6) is 0.615. The maximum atomic E-state index is 11.8. The van der Waals surface area contributed by atoms with Crippen molar-refractivity contribution in [3.05, 3.63) is 65.2 Å². The van der Waals surface area contributed by atoms with Crippen molar-refractivity contribution in [2.45, 2.75) is 13.0 Å². The van der Waals surface area contributed by atoms with Crippen molar-refractivity contribution in [1.82, 2.24) is 10.6 Å². The van der Waals surface area contributed by atoms with Crippen LogP contribution in [0.25, 0.3) is 0 Å². The van der Waals surface area contributed by atoms with E-state index in [1.165, 1.54) is 0 Å². The Morgan fingerprint density at radius 2 is 1.82 bits per heavy atom. The minimum absolute atomic E-state index is 0.0503. The molecule has 0 aliphatic heterocycles. The number of hydrogen-bond donors (Lipinski definition) is 2. The number of amides is 2. The third kappa shape index (κ3) is 4.97. The fraction of sp³-hybridized carbons (Fsp3) is 0.235. The lowest BCUT2D eigenvalue weighted by Gasteiger charge is -2.15. The van der Waals surface area contributed by atoms with E-state index >= 15 is 0 Å². The van der Waals surface area contributed by atoms with Gasteiger partial charge in [0.15, 0.2) is 0 Å². The number of rotatable bonds is 6. The molecule has 2 aromatic rings. The number of carbonyl (C=O) groups is 1. The predicted octanol–water partition coefficient (Wildman–Crippen LogP) is 3.78. The number of halogens is 1. The Balaban J connectivity index is 1.69. The minimum atomic E-state index is -0.223. The largest absolute Gasteiger partial charge is 0.490 e. The summed E-state index contributed by atoms with van der Waals surface area (Å²) in [5, 5.41) is 6.19. The number of carbonyl (C=O) groups excluding carboxylic acids is 1. The molecule has 0 bridgehead atoms. The van der Waals surface area contributed by atoms with E-state index in [2.05, 4.69) is 10.6 Å². The van der Waals surface area contributed by atoms with Crippen molar-refractivity contribution in [2.24, 2.45) is 0 Å². The zero-order valence-corrected chi connectivity index (χ0v) is 13.1. The number of nitrogens with one attached hydrogen (secondary N) is 2. The number of urea groups is 1. The lowest BCUT2D eigenvalue weighted by atomic mass is 10.1. The van der Waals surface area contributed by atoms with E-state index in [0.29, 0.717) is 23.9 Å².